The lowest BCUT2D eigenvalue weighted by Gasteiger charge is -2.37. The lowest BCUT2D eigenvalue weighted by Crippen LogP contribution is -2.52. The van der Waals surface area contributed by atoms with Crippen molar-refractivity contribution < 1.29 is 30.7 Å². The van der Waals surface area contributed by atoms with E-state index < -0.39 is 38.3 Å². The highest BCUT2D eigenvalue weighted by Crippen LogP contribution is 2.45. The molecule has 238 valence electrons. The number of nitrogen functional groups attached to an aromatic ring is 1. The molecule has 0 aliphatic carbocycles. The molecule has 44 heavy (non-hydrogen) atoms. The molecule has 5 aliphatic heterocycles. The summed E-state index contributed by atoms with van der Waals surface area (Å²) in [7, 11) is -4.17. The Bertz CT molecular complexity index is 1620. The molecule has 3 N–H and O–H groups in total. The van der Waals surface area contributed by atoms with E-state index >= 15 is 0 Å². The first-order valence-electron chi connectivity index (χ1n) is 15.0. The van der Waals surface area contributed by atoms with E-state index in [2.05, 4.69) is 20.2 Å². The van der Waals surface area contributed by atoms with Crippen LogP contribution in [-0.2, 0) is 28.2 Å². The largest absolute Gasteiger partial charge is 0.461 e. The van der Waals surface area contributed by atoms with Gasteiger partial charge in [-0.25, -0.2) is 17.8 Å². The molecule has 2 aromatic rings. The van der Waals surface area contributed by atoms with Gasteiger partial charge in [0.1, 0.15) is 23.5 Å². The Hall–Kier alpha value is -3.04. The average Bonchev–Trinajstić information content (AvgIpc) is 3.60. The van der Waals surface area contributed by atoms with Crippen molar-refractivity contribution in [3.05, 3.63) is 46.0 Å². The molecule has 2 bridgehead atoms. The molecular formula is C29H35F4N7O3S. The van der Waals surface area contributed by atoms with Gasteiger partial charge in [0.2, 0.25) is 0 Å². The number of aryl methyl sites for hydroxylation is 1. The third-order valence-electron chi connectivity index (χ3n) is 9.89. The second kappa shape index (κ2) is 10.5. The monoisotopic (exact) mass is 637 g/mol. The van der Waals surface area contributed by atoms with Crippen molar-refractivity contribution in [1.82, 2.24) is 25.2 Å². The Morgan fingerprint density at radius 1 is 1.20 bits per heavy atom. The number of fused-ring (bicyclic) bond motifs is 4. The highest BCUT2D eigenvalue weighted by Gasteiger charge is 2.48. The normalized spacial score (nSPS) is 30.5. The molecule has 7 heterocycles. The van der Waals surface area contributed by atoms with Crippen LogP contribution in [0.5, 0.6) is 6.01 Å². The number of nitrogens with zero attached hydrogens (tertiary/aromatic N) is 5. The molecule has 2 unspecified atom stereocenters. The van der Waals surface area contributed by atoms with Crippen LogP contribution in [0.4, 0.5) is 29.2 Å². The fraction of sp³-hybridized carbons (Fsp3) is 0.621. The number of sulfone groups is 1. The molecule has 7 rings (SSSR count). The maximum Gasteiger partial charge on any atom is 0.418 e. The van der Waals surface area contributed by atoms with Crippen molar-refractivity contribution >= 4 is 21.5 Å². The van der Waals surface area contributed by atoms with Crippen LogP contribution in [0.2, 0.25) is 0 Å². The van der Waals surface area contributed by atoms with Crippen LogP contribution in [0.1, 0.15) is 65.4 Å². The number of nitrogens with two attached hydrogens (primary N) is 1. The van der Waals surface area contributed by atoms with Crippen LogP contribution in [-0.4, -0.2) is 78.7 Å². The maximum atomic E-state index is 14.2. The zero-order valence-corrected chi connectivity index (χ0v) is 25.1. The first kappa shape index (κ1) is 29.7. The lowest BCUT2D eigenvalue weighted by atomic mass is 9.94. The molecule has 4 saturated heterocycles. The summed E-state index contributed by atoms with van der Waals surface area (Å²) in [5.41, 5.74) is 4.97. The molecule has 0 amide bonds. The number of anilines is 2. The van der Waals surface area contributed by atoms with E-state index in [0.29, 0.717) is 55.0 Å². The molecule has 4 fully saturated rings. The predicted molar refractivity (Wildman–Crippen MR) is 154 cm³/mol. The number of ether oxygens (including phenoxy) is 1. The van der Waals surface area contributed by atoms with Crippen LogP contribution in [0.3, 0.4) is 0 Å². The highest BCUT2D eigenvalue weighted by atomic mass is 32.2. The van der Waals surface area contributed by atoms with Crippen LogP contribution in [0.15, 0.2) is 18.0 Å². The van der Waals surface area contributed by atoms with Gasteiger partial charge in [-0.3, -0.25) is 4.90 Å². The summed E-state index contributed by atoms with van der Waals surface area (Å²) in [6.07, 6.45) is -0.212. The van der Waals surface area contributed by atoms with Gasteiger partial charge in [-0.05, 0) is 62.8 Å². The Kier molecular flexibility index (Phi) is 7.09. The molecule has 2 aromatic heterocycles. The number of rotatable bonds is 5. The van der Waals surface area contributed by atoms with Crippen molar-refractivity contribution in [1.29, 1.82) is 0 Å². The third-order valence-corrected chi connectivity index (χ3v) is 11.8. The molecule has 5 aliphatic rings. The second-order valence-corrected chi connectivity index (χ2v) is 15.1. The first-order valence-corrected chi connectivity index (χ1v) is 16.7. The van der Waals surface area contributed by atoms with Crippen LogP contribution in [0.25, 0.3) is 0 Å². The summed E-state index contributed by atoms with van der Waals surface area (Å²) in [5.74, 6) is -0.277. The average molecular weight is 638 g/mol. The first-order chi connectivity index (χ1) is 20.8. The number of aromatic nitrogens is 3. The van der Waals surface area contributed by atoms with Gasteiger partial charge in [-0.15, -0.1) is 0 Å². The SMILES string of the molecule is Cc1cc(N)nc([C@H]2Cc3nc(OC[C@@]45CCCN4CC(=CF)C5)nc(N4CC5CCC(C4)N5)c3CS2(=O)=O)c1C(F)(F)F. The van der Waals surface area contributed by atoms with E-state index in [-0.39, 0.29) is 48.0 Å². The van der Waals surface area contributed by atoms with Crippen molar-refractivity contribution in [3.8, 4) is 6.01 Å². The summed E-state index contributed by atoms with van der Waals surface area (Å²) in [6, 6.07) is 1.58. The zero-order chi connectivity index (χ0) is 31.0. The maximum absolute atomic E-state index is 14.2. The molecular weight excluding hydrogens is 602 g/mol. The fourth-order valence-electron chi connectivity index (χ4n) is 7.96. The number of nitrogens with one attached hydrogen (secondary N) is 1. The molecule has 15 heteroatoms. The molecule has 0 spiro atoms. The quantitative estimate of drug-likeness (QED) is 0.471. The minimum Gasteiger partial charge on any atom is -0.461 e. The summed E-state index contributed by atoms with van der Waals surface area (Å²) in [4.78, 5) is 17.6. The van der Waals surface area contributed by atoms with Crippen LogP contribution in [0, 0.1) is 6.92 Å². The number of halogens is 4. The molecule has 0 radical (unpaired) electrons. The lowest BCUT2D eigenvalue weighted by molar-refractivity contribution is -0.139. The van der Waals surface area contributed by atoms with Crippen molar-refractivity contribution in [2.75, 3.05) is 43.4 Å². The summed E-state index contributed by atoms with van der Waals surface area (Å²) in [6.45, 7) is 4.04. The fourth-order valence-corrected chi connectivity index (χ4v) is 9.78. The highest BCUT2D eigenvalue weighted by molar-refractivity contribution is 7.91. The van der Waals surface area contributed by atoms with E-state index in [9.17, 15) is 26.0 Å². The molecule has 0 aromatic carbocycles. The number of hydrogen-bond donors (Lipinski definition) is 2. The minimum absolute atomic E-state index is 0.0364. The Labute approximate surface area is 253 Å². The van der Waals surface area contributed by atoms with E-state index in [4.69, 9.17) is 15.5 Å². The van der Waals surface area contributed by atoms with Gasteiger partial charge in [0.25, 0.3) is 0 Å². The standard InChI is InChI=1S/C29H35F4N7O3S/c1-16-7-23(34)37-25(24(16)29(31,32)33)22-8-21-20(14-44(22,41)42)26(39-12-18-3-4-19(13-39)35-18)38-27(36-21)43-15-28-5-2-6-40(28)11-17(9-28)10-30/h7,10,18-19,22,35H,2-6,8-9,11-15H2,1H3,(H2,34,37)/t18?,19?,22-,28+/m1/s1. The van der Waals surface area contributed by atoms with Gasteiger partial charge in [0.15, 0.2) is 9.84 Å². The number of piperazine rings is 1. The van der Waals surface area contributed by atoms with Crippen LogP contribution < -0.4 is 20.7 Å². The van der Waals surface area contributed by atoms with Crippen molar-refractivity contribution in [2.24, 2.45) is 0 Å². The van der Waals surface area contributed by atoms with Gasteiger partial charge < -0.3 is 20.7 Å². The minimum atomic E-state index is -4.83. The summed E-state index contributed by atoms with van der Waals surface area (Å²) in [5, 5.41) is 1.96. The Morgan fingerprint density at radius 2 is 1.95 bits per heavy atom. The van der Waals surface area contributed by atoms with Crippen molar-refractivity contribution in [3.63, 3.8) is 0 Å². The Balaban J connectivity index is 1.29. The zero-order valence-electron chi connectivity index (χ0n) is 24.3. The van der Waals surface area contributed by atoms with Gasteiger partial charge in [-0.2, -0.15) is 23.1 Å². The topological polar surface area (TPSA) is 127 Å². The number of hydrogen-bond acceptors (Lipinski definition) is 10. The Morgan fingerprint density at radius 3 is 2.66 bits per heavy atom. The van der Waals surface area contributed by atoms with Crippen LogP contribution >= 0.6 is 0 Å². The summed E-state index contributed by atoms with van der Waals surface area (Å²) >= 11 is 0. The van der Waals surface area contributed by atoms with E-state index in [1.807, 2.05) is 4.90 Å². The van der Waals surface area contributed by atoms with Gasteiger partial charge >= 0.3 is 12.2 Å². The van der Waals surface area contributed by atoms with E-state index in [1.165, 1.54) is 6.92 Å². The van der Waals surface area contributed by atoms with E-state index in [1.54, 1.807) is 0 Å². The second-order valence-electron chi connectivity index (χ2n) is 12.9. The third kappa shape index (κ3) is 5.10. The number of pyridine rings is 1. The molecule has 0 saturated carbocycles. The van der Waals surface area contributed by atoms with Gasteiger partial charge in [0.05, 0.1) is 34.6 Å². The molecule has 4 atom stereocenters. The van der Waals surface area contributed by atoms with Crippen molar-refractivity contribution in [2.45, 2.75) is 80.3 Å². The van der Waals surface area contributed by atoms with Gasteiger partial charge in [-0.1, -0.05) is 0 Å². The predicted octanol–water partition coefficient (Wildman–Crippen LogP) is 3.40. The smallest absolute Gasteiger partial charge is 0.418 e. The van der Waals surface area contributed by atoms with Gasteiger partial charge in [0, 0.05) is 43.7 Å². The van der Waals surface area contributed by atoms with E-state index in [0.717, 1.165) is 38.3 Å². The summed E-state index contributed by atoms with van der Waals surface area (Å²) < 4.78 is 90.0. The number of alkyl halides is 3. The molecule has 10 nitrogen and oxygen atoms in total.